The Hall–Kier alpha value is -2.76. The Morgan fingerprint density at radius 1 is 1.18 bits per heavy atom. The molecule has 1 aliphatic heterocycles. The summed E-state index contributed by atoms with van der Waals surface area (Å²) in [5.74, 6) is 1.14. The summed E-state index contributed by atoms with van der Waals surface area (Å²) in [5.41, 5.74) is 1.85. The molecule has 2 amide bonds. The molecule has 2 fully saturated rings. The van der Waals surface area contributed by atoms with Crippen LogP contribution < -0.4 is 15.5 Å². The van der Waals surface area contributed by atoms with Gasteiger partial charge >= 0.3 is 6.03 Å². The third-order valence-electron chi connectivity index (χ3n) is 5.95. The summed E-state index contributed by atoms with van der Waals surface area (Å²) in [5, 5.41) is 14.2. The Morgan fingerprint density at radius 3 is 2.48 bits per heavy atom. The van der Waals surface area contributed by atoms with Crippen molar-refractivity contribution >= 4 is 27.4 Å². The highest BCUT2D eigenvalue weighted by atomic mass is 32.2. The number of urea groups is 1. The van der Waals surface area contributed by atoms with Gasteiger partial charge in [0.25, 0.3) is 0 Å². The number of aliphatic hydroxyl groups is 1. The molecule has 1 aromatic heterocycles. The number of rotatable bonds is 8. The highest BCUT2D eigenvalue weighted by Gasteiger charge is 2.55. The number of carbonyl (C=O) groups is 1. The maximum Gasteiger partial charge on any atom is 0.319 e. The zero-order chi connectivity index (χ0) is 23.5. The molecule has 0 atom stereocenters. The maximum atomic E-state index is 12.5. The van der Waals surface area contributed by atoms with E-state index in [1.54, 1.807) is 30.3 Å². The van der Waals surface area contributed by atoms with E-state index in [4.69, 9.17) is 14.8 Å². The fourth-order valence-corrected chi connectivity index (χ4v) is 5.17. The average Bonchev–Trinajstić information content (AvgIpc) is 3.63. The molecule has 1 aromatic carbocycles. The first kappa shape index (κ1) is 23.4. The van der Waals surface area contributed by atoms with Crippen LogP contribution in [0.3, 0.4) is 0 Å². The molecule has 178 valence electrons. The van der Waals surface area contributed by atoms with Crippen molar-refractivity contribution in [2.75, 3.05) is 55.9 Å². The number of hydrogen-bond acceptors (Lipinski definition) is 8. The number of carbonyl (C=O) groups excluding carboxylic acids is 1. The number of nitrogens with one attached hydrogen (secondary N) is 2. The smallest absolute Gasteiger partial charge is 0.319 e. The molecule has 0 spiro atoms. The standard InChI is InChI=1S/C22H29N5O5S/c1-33(30,31)22(7-8-22)18-15-19(27-10-13-32-14-11-27)26-20(25-18)16-3-5-17(6-4-16)24-21(29)23-9-2-12-28/h3-6,15,28H,2,7-14H2,1H3,(H2,23,24,29). The average molecular weight is 476 g/mol. The van der Waals surface area contributed by atoms with Crippen LogP contribution in [0.1, 0.15) is 25.0 Å². The van der Waals surface area contributed by atoms with Crippen LogP contribution in [0.2, 0.25) is 0 Å². The van der Waals surface area contributed by atoms with Crippen LogP contribution in [0.15, 0.2) is 30.3 Å². The lowest BCUT2D eigenvalue weighted by Crippen LogP contribution is -2.37. The first-order valence-corrected chi connectivity index (χ1v) is 12.9. The van der Waals surface area contributed by atoms with Gasteiger partial charge in [0.2, 0.25) is 0 Å². The van der Waals surface area contributed by atoms with Gasteiger partial charge in [0.15, 0.2) is 15.7 Å². The van der Waals surface area contributed by atoms with Crippen LogP contribution in [0.25, 0.3) is 11.4 Å². The van der Waals surface area contributed by atoms with Crippen LogP contribution >= 0.6 is 0 Å². The highest BCUT2D eigenvalue weighted by Crippen LogP contribution is 2.52. The van der Waals surface area contributed by atoms with E-state index in [2.05, 4.69) is 20.5 Å². The molecular weight excluding hydrogens is 446 g/mol. The Bertz CT molecular complexity index is 1100. The lowest BCUT2D eigenvalue weighted by molar-refractivity contribution is 0.122. The van der Waals surface area contributed by atoms with Crippen molar-refractivity contribution in [1.29, 1.82) is 0 Å². The number of nitrogens with zero attached hydrogens (tertiary/aromatic N) is 3. The molecule has 10 nitrogen and oxygen atoms in total. The number of morpholine rings is 1. The topological polar surface area (TPSA) is 134 Å². The molecule has 4 rings (SSSR count). The first-order valence-electron chi connectivity index (χ1n) is 11.0. The number of ether oxygens (including phenoxy) is 1. The predicted octanol–water partition coefficient (Wildman–Crippen LogP) is 1.52. The van der Waals surface area contributed by atoms with E-state index in [0.29, 0.717) is 75.1 Å². The van der Waals surface area contributed by atoms with Gasteiger partial charge in [-0.25, -0.2) is 23.2 Å². The van der Waals surface area contributed by atoms with Crippen molar-refractivity contribution in [3.8, 4) is 11.4 Å². The second-order valence-corrected chi connectivity index (χ2v) is 10.7. The number of hydrogen-bond donors (Lipinski definition) is 3. The normalized spacial score (nSPS) is 17.5. The highest BCUT2D eigenvalue weighted by molar-refractivity contribution is 7.91. The molecular formula is C22H29N5O5S. The summed E-state index contributed by atoms with van der Waals surface area (Å²) in [4.78, 5) is 23.4. The Labute approximate surface area is 193 Å². The second-order valence-electron chi connectivity index (χ2n) is 8.34. The van der Waals surface area contributed by atoms with Crippen LogP contribution in [0, 0.1) is 0 Å². The maximum absolute atomic E-state index is 12.5. The number of benzene rings is 1. The molecule has 11 heteroatoms. The van der Waals surface area contributed by atoms with Crippen molar-refractivity contribution in [2.45, 2.75) is 24.0 Å². The monoisotopic (exact) mass is 475 g/mol. The zero-order valence-corrected chi connectivity index (χ0v) is 19.4. The van der Waals surface area contributed by atoms with Gasteiger partial charge in [0.1, 0.15) is 10.6 Å². The van der Waals surface area contributed by atoms with E-state index in [0.717, 1.165) is 5.56 Å². The van der Waals surface area contributed by atoms with E-state index in [1.807, 2.05) is 0 Å². The van der Waals surface area contributed by atoms with Crippen LogP contribution in [0.4, 0.5) is 16.3 Å². The van der Waals surface area contributed by atoms with Crippen molar-refractivity contribution in [2.24, 2.45) is 0 Å². The summed E-state index contributed by atoms with van der Waals surface area (Å²) >= 11 is 0. The number of anilines is 2. The molecule has 33 heavy (non-hydrogen) atoms. The summed E-state index contributed by atoms with van der Waals surface area (Å²) < 4.78 is 29.6. The predicted molar refractivity (Wildman–Crippen MR) is 125 cm³/mol. The Morgan fingerprint density at radius 2 is 1.88 bits per heavy atom. The fraction of sp³-hybridized carbons (Fsp3) is 0.500. The zero-order valence-electron chi connectivity index (χ0n) is 18.6. The number of aromatic nitrogens is 2. The van der Waals surface area contributed by atoms with E-state index >= 15 is 0 Å². The van der Waals surface area contributed by atoms with Gasteiger partial charge in [-0.1, -0.05) is 0 Å². The van der Waals surface area contributed by atoms with Crippen LogP contribution in [-0.4, -0.2) is 75.2 Å². The summed E-state index contributed by atoms with van der Waals surface area (Å²) in [6.45, 7) is 2.93. The summed E-state index contributed by atoms with van der Waals surface area (Å²) in [7, 11) is -3.32. The molecule has 0 radical (unpaired) electrons. The van der Waals surface area contributed by atoms with Gasteiger partial charge in [-0.2, -0.15) is 0 Å². The minimum Gasteiger partial charge on any atom is -0.396 e. The molecule has 1 saturated heterocycles. The molecule has 1 aliphatic carbocycles. The number of aliphatic hydroxyl groups excluding tert-OH is 1. The van der Waals surface area contributed by atoms with E-state index in [-0.39, 0.29) is 12.6 Å². The first-order chi connectivity index (χ1) is 15.8. The SMILES string of the molecule is CS(=O)(=O)C1(c2cc(N3CCOCC3)nc(-c3ccc(NC(=O)NCCCO)cc3)n2)CC1. The number of sulfone groups is 1. The second kappa shape index (κ2) is 9.62. The van der Waals surface area contributed by atoms with E-state index in [9.17, 15) is 13.2 Å². The molecule has 0 bridgehead atoms. The van der Waals surface area contributed by atoms with Crippen molar-refractivity contribution in [3.05, 3.63) is 36.0 Å². The third kappa shape index (κ3) is 5.26. The molecule has 3 N–H and O–H groups in total. The van der Waals surface area contributed by atoms with E-state index in [1.165, 1.54) is 6.26 Å². The fourth-order valence-electron chi connectivity index (χ4n) is 3.84. The molecule has 2 aliphatic rings. The molecule has 1 saturated carbocycles. The van der Waals surface area contributed by atoms with Crippen molar-refractivity contribution in [3.63, 3.8) is 0 Å². The van der Waals surface area contributed by atoms with Crippen LogP contribution in [-0.2, 0) is 19.3 Å². The van der Waals surface area contributed by atoms with Crippen molar-refractivity contribution < 1.29 is 23.1 Å². The van der Waals surface area contributed by atoms with Gasteiger partial charge in [-0.3, -0.25) is 0 Å². The quantitative estimate of drug-likeness (QED) is 0.489. The van der Waals surface area contributed by atoms with Gasteiger partial charge in [-0.15, -0.1) is 0 Å². The van der Waals surface area contributed by atoms with Crippen molar-refractivity contribution in [1.82, 2.24) is 15.3 Å². The van der Waals surface area contributed by atoms with Crippen LogP contribution in [0.5, 0.6) is 0 Å². The van der Waals surface area contributed by atoms with Gasteiger partial charge in [0.05, 0.1) is 18.9 Å². The Balaban J connectivity index is 1.61. The minimum absolute atomic E-state index is 0.0150. The molecule has 0 unspecified atom stereocenters. The Kier molecular flexibility index (Phi) is 6.82. The van der Waals surface area contributed by atoms with Gasteiger partial charge in [-0.05, 0) is 43.5 Å². The minimum atomic E-state index is -3.32. The molecule has 2 aromatic rings. The van der Waals surface area contributed by atoms with E-state index < -0.39 is 14.6 Å². The number of amides is 2. The molecule has 2 heterocycles. The lowest BCUT2D eigenvalue weighted by Gasteiger charge is -2.29. The van der Waals surface area contributed by atoms with Gasteiger partial charge < -0.3 is 25.4 Å². The van der Waals surface area contributed by atoms with Gasteiger partial charge in [0, 0.05) is 49.8 Å². The summed E-state index contributed by atoms with van der Waals surface area (Å²) in [6, 6.07) is 8.53. The largest absolute Gasteiger partial charge is 0.396 e. The lowest BCUT2D eigenvalue weighted by atomic mass is 10.1. The summed E-state index contributed by atoms with van der Waals surface area (Å²) in [6.07, 6.45) is 2.86. The third-order valence-corrected chi connectivity index (χ3v) is 7.99.